The van der Waals surface area contributed by atoms with Gasteiger partial charge in [-0.3, -0.25) is 0 Å². The third-order valence-electron chi connectivity index (χ3n) is 2.14. The molecule has 0 aliphatic rings. The molecule has 1 rings (SSSR count). The van der Waals surface area contributed by atoms with Crippen LogP contribution >= 0.6 is 11.8 Å². The molecule has 0 N–H and O–H groups in total. The summed E-state index contributed by atoms with van der Waals surface area (Å²) >= 11 is 1.84. The molecule has 0 bridgehead atoms. The Hall–Kier alpha value is -0.430. The van der Waals surface area contributed by atoms with Gasteiger partial charge >= 0.3 is 0 Å². The van der Waals surface area contributed by atoms with Crippen molar-refractivity contribution in [1.29, 1.82) is 0 Å². The molecular formula is C12H17S. The van der Waals surface area contributed by atoms with E-state index in [1.54, 1.807) is 0 Å². The van der Waals surface area contributed by atoms with Gasteiger partial charge in [-0.05, 0) is 30.7 Å². The van der Waals surface area contributed by atoms with Crippen molar-refractivity contribution in [1.82, 2.24) is 0 Å². The first-order valence-electron chi connectivity index (χ1n) is 4.79. The topological polar surface area (TPSA) is 0 Å². The molecule has 1 aromatic rings. The number of hydrogen-bond acceptors (Lipinski definition) is 1. The molecule has 0 aliphatic carbocycles. The van der Waals surface area contributed by atoms with E-state index >= 15 is 0 Å². The minimum absolute atomic E-state index is 1.06. The van der Waals surface area contributed by atoms with Crippen LogP contribution < -0.4 is 0 Å². The van der Waals surface area contributed by atoms with E-state index in [2.05, 4.69) is 37.4 Å². The Balaban J connectivity index is 2.54. The van der Waals surface area contributed by atoms with Crippen molar-refractivity contribution in [2.24, 2.45) is 0 Å². The Morgan fingerprint density at radius 2 is 2.00 bits per heavy atom. The van der Waals surface area contributed by atoms with E-state index in [1.165, 1.54) is 29.7 Å². The molecule has 0 unspecified atom stereocenters. The van der Waals surface area contributed by atoms with Gasteiger partial charge in [0.2, 0.25) is 0 Å². The molecule has 0 aliphatic heterocycles. The minimum Gasteiger partial charge on any atom is -0.129 e. The fourth-order valence-electron chi connectivity index (χ4n) is 1.40. The molecule has 0 saturated heterocycles. The van der Waals surface area contributed by atoms with Crippen LogP contribution in [0.1, 0.15) is 24.8 Å². The fourth-order valence-corrected chi connectivity index (χ4v) is 2.05. The average Bonchev–Trinajstić information content (AvgIpc) is 2.19. The quantitative estimate of drug-likeness (QED) is 0.504. The SMILES string of the molecule is [CH2]CCCCc1ccccc1SC. The van der Waals surface area contributed by atoms with E-state index in [9.17, 15) is 0 Å². The van der Waals surface area contributed by atoms with Crippen molar-refractivity contribution >= 4 is 11.8 Å². The Morgan fingerprint density at radius 1 is 1.23 bits per heavy atom. The number of thioether (sulfide) groups is 1. The van der Waals surface area contributed by atoms with Crippen LogP contribution in [0.5, 0.6) is 0 Å². The second-order valence-corrected chi connectivity index (χ2v) is 3.97. The standard InChI is InChI=1S/C12H17S/c1-3-4-5-8-11-9-6-7-10-12(11)13-2/h6-7,9-10H,1,3-5,8H2,2H3. The van der Waals surface area contributed by atoms with Gasteiger partial charge < -0.3 is 0 Å². The van der Waals surface area contributed by atoms with Gasteiger partial charge in [-0.15, -0.1) is 11.8 Å². The van der Waals surface area contributed by atoms with E-state index in [0.29, 0.717) is 0 Å². The predicted molar refractivity (Wildman–Crippen MR) is 61.1 cm³/mol. The number of unbranched alkanes of at least 4 members (excludes halogenated alkanes) is 2. The lowest BCUT2D eigenvalue weighted by Gasteiger charge is -2.05. The van der Waals surface area contributed by atoms with Crippen LogP contribution in [0.15, 0.2) is 29.2 Å². The highest BCUT2D eigenvalue weighted by molar-refractivity contribution is 7.98. The van der Waals surface area contributed by atoms with Gasteiger partial charge in [0.25, 0.3) is 0 Å². The van der Waals surface area contributed by atoms with Gasteiger partial charge in [-0.25, -0.2) is 0 Å². The Bertz CT molecular complexity index is 243. The first kappa shape index (κ1) is 10.6. The van der Waals surface area contributed by atoms with Crippen LogP contribution in [-0.4, -0.2) is 6.26 Å². The maximum absolute atomic E-state index is 3.85. The van der Waals surface area contributed by atoms with E-state index < -0.39 is 0 Å². The maximum Gasteiger partial charge on any atom is 0.0101 e. The first-order chi connectivity index (χ1) is 6.38. The normalized spacial score (nSPS) is 10.3. The van der Waals surface area contributed by atoms with Crippen molar-refractivity contribution < 1.29 is 0 Å². The Labute approximate surface area is 85.7 Å². The predicted octanol–water partition coefficient (Wildman–Crippen LogP) is 3.96. The van der Waals surface area contributed by atoms with Crippen molar-refractivity contribution in [3.63, 3.8) is 0 Å². The maximum atomic E-state index is 3.85. The lowest BCUT2D eigenvalue weighted by Crippen LogP contribution is -1.87. The summed E-state index contributed by atoms with van der Waals surface area (Å²) < 4.78 is 0. The van der Waals surface area contributed by atoms with E-state index in [-0.39, 0.29) is 0 Å². The summed E-state index contributed by atoms with van der Waals surface area (Å²) in [4.78, 5) is 1.42. The van der Waals surface area contributed by atoms with Gasteiger partial charge in [-0.2, -0.15) is 0 Å². The van der Waals surface area contributed by atoms with E-state index in [0.717, 1.165) is 6.42 Å². The summed E-state index contributed by atoms with van der Waals surface area (Å²) in [6.07, 6.45) is 6.90. The molecule has 1 radical (unpaired) electrons. The van der Waals surface area contributed by atoms with Crippen LogP contribution in [0, 0.1) is 6.92 Å². The molecule has 0 fully saturated rings. The largest absolute Gasteiger partial charge is 0.129 e. The molecule has 0 aromatic heterocycles. The third-order valence-corrected chi connectivity index (χ3v) is 2.98. The van der Waals surface area contributed by atoms with Gasteiger partial charge in [0.1, 0.15) is 0 Å². The third kappa shape index (κ3) is 3.43. The first-order valence-corrected chi connectivity index (χ1v) is 6.02. The summed E-state index contributed by atoms with van der Waals surface area (Å²) in [6.45, 7) is 3.85. The highest BCUT2D eigenvalue weighted by atomic mass is 32.2. The molecule has 13 heavy (non-hydrogen) atoms. The summed E-state index contributed by atoms with van der Waals surface area (Å²) in [5.74, 6) is 0. The molecule has 71 valence electrons. The minimum atomic E-state index is 1.06. The van der Waals surface area contributed by atoms with Crippen molar-refractivity contribution in [3.8, 4) is 0 Å². The molecule has 0 saturated carbocycles. The van der Waals surface area contributed by atoms with Crippen LogP contribution in [0.25, 0.3) is 0 Å². The zero-order valence-electron chi connectivity index (χ0n) is 8.25. The molecular weight excluding hydrogens is 176 g/mol. The summed E-state index contributed by atoms with van der Waals surface area (Å²) in [5, 5.41) is 0. The smallest absolute Gasteiger partial charge is 0.0101 e. The van der Waals surface area contributed by atoms with Gasteiger partial charge in [0.05, 0.1) is 0 Å². The Kier molecular flexibility index (Phi) is 4.99. The molecule has 0 heterocycles. The number of aryl methyl sites for hydroxylation is 1. The van der Waals surface area contributed by atoms with E-state index in [1.807, 2.05) is 11.8 Å². The zero-order chi connectivity index (χ0) is 9.52. The van der Waals surface area contributed by atoms with Crippen LogP contribution in [-0.2, 0) is 6.42 Å². The van der Waals surface area contributed by atoms with Gasteiger partial charge in [0, 0.05) is 4.90 Å². The second-order valence-electron chi connectivity index (χ2n) is 3.12. The number of benzene rings is 1. The molecule has 0 atom stereocenters. The summed E-state index contributed by atoms with van der Waals surface area (Å²) in [7, 11) is 0. The summed E-state index contributed by atoms with van der Waals surface area (Å²) in [6, 6.07) is 8.66. The van der Waals surface area contributed by atoms with Crippen LogP contribution in [0.3, 0.4) is 0 Å². The van der Waals surface area contributed by atoms with Crippen molar-refractivity contribution in [2.75, 3.05) is 6.26 Å². The van der Waals surface area contributed by atoms with Crippen LogP contribution in [0.4, 0.5) is 0 Å². The molecule has 1 heteroatoms. The van der Waals surface area contributed by atoms with Crippen LogP contribution in [0.2, 0.25) is 0 Å². The highest BCUT2D eigenvalue weighted by Crippen LogP contribution is 2.21. The zero-order valence-corrected chi connectivity index (χ0v) is 9.07. The molecule has 0 spiro atoms. The second kappa shape index (κ2) is 6.09. The average molecular weight is 193 g/mol. The van der Waals surface area contributed by atoms with Gasteiger partial charge in [0.15, 0.2) is 0 Å². The van der Waals surface area contributed by atoms with Crippen molar-refractivity contribution in [2.45, 2.75) is 30.6 Å². The van der Waals surface area contributed by atoms with Crippen molar-refractivity contribution in [3.05, 3.63) is 36.8 Å². The molecule has 0 amide bonds. The number of rotatable bonds is 5. The Morgan fingerprint density at radius 3 is 2.69 bits per heavy atom. The fraction of sp³-hybridized carbons (Fsp3) is 0.417. The highest BCUT2D eigenvalue weighted by Gasteiger charge is 1.98. The lowest BCUT2D eigenvalue weighted by molar-refractivity contribution is 0.739. The molecule has 0 nitrogen and oxygen atoms in total. The van der Waals surface area contributed by atoms with E-state index in [4.69, 9.17) is 0 Å². The summed E-state index contributed by atoms with van der Waals surface area (Å²) in [5.41, 5.74) is 1.49. The monoisotopic (exact) mass is 193 g/mol. The van der Waals surface area contributed by atoms with Gasteiger partial charge in [-0.1, -0.05) is 38.0 Å². The molecule has 1 aromatic carbocycles. The number of hydrogen-bond donors (Lipinski definition) is 0. The lowest BCUT2D eigenvalue weighted by atomic mass is 10.1.